The Kier molecular flexibility index (Phi) is 17.8. The Morgan fingerprint density at radius 1 is 0.492 bits per heavy atom. The minimum Gasteiger partial charge on any atom is -0.357 e. The summed E-state index contributed by atoms with van der Waals surface area (Å²) in [5.74, 6) is 2.24. The molecule has 0 radical (unpaired) electrons. The van der Waals surface area contributed by atoms with Gasteiger partial charge in [-0.05, 0) is 133 Å². The van der Waals surface area contributed by atoms with Gasteiger partial charge in [-0.15, -0.1) is 0 Å². The highest BCUT2D eigenvalue weighted by molar-refractivity contribution is 5.46. The molecular weight excluding hydrogens is 749 g/mol. The van der Waals surface area contributed by atoms with E-state index in [2.05, 4.69) is 151 Å². The highest BCUT2D eigenvalue weighted by atomic mass is 15.4. The summed E-state index contributed by atoms with van der Waals surface area (Å²) in [5.41, 5.74) is 2.81. The molecule has 0 unspecified atom stereocenters. The van der Waals surface area contributed by atoms with Gasteiger partial charge in [0.25, 0.3) is 0 Å². The van der Waals surface area contributed by atoms with Gasteiger partial charge in [-0.3, -0.25) is 5.32 Å². The van der Waals surface area contributed by atoms with Crippen LogP contribution in [0.1, 0.15) is 228 Å². The summed E-state index contributed by atoms with van der Waals surface area (Å²) < 4.78 is 0. The van der Waals surface area contributed by atoms with Crippen molar-refractivity contribution < 1.29 is 0 Å². The predicted octanol–water partition coefficient (Wildman–Crippen LogP) is 13.9. The van der Waals surface area contributed by atoms with Crippen molar-refractivity contribution in [3.8, 4) is 0 Å². The fourth-order valence-corrected chi connectivity index (χ4v) is 14.4. The maximum absolute atomic E-state index is 5.29. The maximum Gasteiger partial charge on any atom is 0.233 e. The van der Waals surface area contributed by atoms with Crippen molar-refractivity contribution in [1.29, 1.82) is 0 Å². The number of aromatic nitrogens is 3. The monoisotopic (exact) mass is 853 g/mol. The molecule has 61 heavy (non-hydrogen) atoms. The molecule has 0 atom stereocenters. The molecule has 4 saturated carbocycles. The molecular formula is C53H104N8. The standard InChI is InChI=1S/C36H67N7.C16H33N.CH4/c1-31(2)15-25(16-32(3,4)21-31)38-24-43(27-19-35(9,10)23-36(11,12)20-27)30-40-28(37-13)39-29(41-30)42(14)26-17-33(5,6)22-34(7,8)18-26;1-6-7-8-9-10-17-14-11-15(2,3)13-16(4,5)12-14;/h25-27,38H,15-24H2,1-14H3,(H,37,39,40,41);14,17H,6-13H2,1-5H3;1H4. The van der Waals surface area contributed by atoms with Crippen molar-refractivity contribution in [1.82, 2.24) is 25.6 Å². The van der Waals surface area contributed by atoms with E-state index in [1.54, 1.807) is 0 Å². The van der Waals surface area contributed by atoms with Gasteiger partial charge < -0.3 is 20.4 Å². The molecule has 4 fully saturated rings. The van der Waals surface area contributed by atoms with Gasteiger partial charge in [0.15, 0.2) is 0 Å². The van der Waals surface area contributed by atoms with Crippen molar-refractivity contribution in [2.75, 3.05) is 42.4 Å². The summed E-state index contributed by atoms with van der Waals surface area (Å²) in [7, 11) is 4.12. The molecule has 0 spiro atoms. The zero-order valence-electron chi connectivity index (χ0n) is 43.3. The van der Waals surface area contributed by atoms with Crippen molar-refractivity contribution in [3.05, 3.63) is 0 Å². The minimum absolute atomic E-state index is 0. The van der Waals surface area contributed by atoms with Crippen molar-refractivity contribution in [2.45, 2.75) is 252 Å². The largest absolute Gasteiger partial charge is 0.357 e. The number of hydrogen-bond donors (Lipinski definition) is 3. The zero-order chi connectivity index (χ0) is 45.2. The molecule has 0 bridgehead atoms. The quantitative estimate of drug-likeness (QED) is 0.126. The molecule has 5 rings (SSSR count). The summed E-state index contributed by atoms with van der Waals surface area (Å²) in [6.07, 6.45) is 20.3. The van der Waals surface area contributed by atoms with Crippen LogP contribution in [0.3, 0.4) is 0 Å². The summed E-state index contributed by atoms with van der Waals surface area (Å²) in [4.78, 5) is 20.1. The van der Waals surface area contributed by atoms with Crippen molar-refractivity contribution in [2.24, 2.45) is 43.3 Å². The van der Waals surface area contributed by atoms with Gasteiger partial charge in [-0.25, -0.2) is 0 Å². The van der Waals surface area contributed by atoms with Crippen LogP contribution in [0.25, 0.3) is 0 Å². The lowest BCUT2D eigenvalue weighted by Crippen LogP contribution is -2.53. The van der Waals surface area contributed by atoms with Crippen LogP contribution in [0, 0.1) is 43.3 Å². The Bertz CT molecular complexity index is 1440. The zero-order valence-corrected chi connectivity index (χ0v) is 43.3. The highest BCUT2D eigenvalue weighted by Gasteiger charge is 2.44. The Balaban J connectivity index is 0.000000463. The second-order valence-corrected chi connectivity index (χ2v) is 27.3. The first kappa shape index (κ1) is 53.7. The number of anilines is 3. The number of nitrogens with zero attached hydrogens (tertiary/aromatic N) is 5. The Labute approximate surface area is 379 Å². The smallest absolute Gasteiger partial charge is 0.233 e. The van der Waals surface area contributed by atoms with Crippen LogP contribution < -0.4 is 25.8 Å². The SMILES string of the molecule is C.CCCCCCNC1CC(C)(C)CC(C)(C)C1.CNc1nc(N(C)C2CC(C)(C)CC(C)(C)C2)nc(N(CNC2CC(C)(C)CC(C)(C)C2)C2CC(C)(C)CC(C)(C)C2)n1. The molecule has 356 valence electrons. The van der Waals surface area contributed by atoms with Crippen LogP contribution in [-0.2, 0) is 0 Å². The minimum atomic E-state index is 0. The van der Waals surface area contributed by atoms with Gasteiger partial charge in [0.1, 0.15) is 0 Å². The van der Waals surface area contributed by atoms with Crippen LogP contribution in [0.2, 0.25) is 0 Å². The molecule has 0 saturated heterocycles. The van der Waals surface area contributed by atoms with Crippen molar-refractivity contribution in [3.63, 3.8) is 0 Å². The second kappa shape index (κ2) is 20.2. The third-order valence-electron chi connectivity index (χ3n) is 14.6. The van der Waals surface area contributed by atoms with E-state index >= 15 is 0 Å². The summed E-state index contributed by atoms with van der Waals surface area (Å²) in [6.45, 7) is 43.2. The fraction of sp³-hybridized carbons (Fsp3) is 0.943. The normalized spacial score (nSPS) is 25.4. The van der Waals surface area contributed by atoms with Gasteiger partial charge in [0, 0.05) is 38.3 Å². The average molecular weight is 853 g/mol. The lowest BCUT2D eigenvalue weighted by Gasteiger charge is -2.49. The molecule has 1 aromatic heterocycles. The lowest BCUT2D eigenvalue weighted by molar-refractivity contribution is 0.0794. The van der Waals surface area contributed by atoms with E-state index in [4.69, 9.17) is 15.0 Å². The summed E-state index contributed by atoms with van der Waals surface area (Å²) >= 11 is 0. The van der Waals surface area contributed by atoms with Crippen LogP contribution >= 0.6 is 0 Å². The molecule has 4 aliphatic carbocycles. The van der Waals surface area contributed by atoms with Crippen LogP contribution in [-0.4, -0.2) is 66.4 Å². The first-order chi connectivity index (χ1) is 27.3. The molecule has 0 aromatic carbocycles. The van der Waals surface area contributed by atoms with Gasteiger partial charge in [0.2, 0.25) is 17.8 Å². The van der Waals surface area contributed by atoms with Gasteiger partial charge in [-0.2, -0.15) is 15.0 Å². The molecule has 1 aromatic rings. The average Bonchev–Trinajstić information content (AvgIpc) is 3.02. The second-order valence-electron chi connectivity index (χ2n) is 27.3. The van der Waals surface area contributed by atoms with Gasteiger partial charge >= 0.3 is 0 Å². The van der Waals surface area contributed by atoms with E-state index in [1.165, 1.54) is 83.6 Å². The van der Waals surface area contributed by atoms with Crippen molar-refractivity contribution >= 4 is 17.8 Å². The Hall–Kier alpha value is -1.67. The van der Waals surface area contributed by atoms with Gasteiger partial charge in [-0.1, -0.05) is 144 Å². The number of rotatable bonds is 14. The first-order valence-corrected chi connectivity index (χ1v) is 24.7. The van der Waals surface area contributed by atoms with E-state index in [1.807, 2.05) is 7.05 Å². The molecule has 8 heteroatoms. The maximum atomic E-state index is 5.29. The topological polar surface area (TPSA) is 81.2 Å². The van der Waals surface area contributed by atoms with E-state index < -0.39 is 0 Å². The van der Waals surface area contributed by atoms with E-state index in [9.17, 15) is 0 Å². The molecule has 8 nitrogen and oxygen atoms in total. The number of hydrogen-bond acceptors (Lipinski definition) is 8. The molecule has 0 aliphatic heterocycles. The number of nitrogens with one attached hydrogen (secondary N) is 3. The third-order valence-corrected chi connectivity index (χ3v) is 14.6. The number of unbranched alkanes of at least 4 members (excludes halogenated alkanes) is 3. The van der Waals surface area contributed by atoms with E-state index in [0.29, 0.717) is 56.6 Å². The molecule has 0 amide bonds. The summed E-state index contributed by atoms with van der Waals surface area (Å²) in [6, 6.07) is 1.97. The Morgan fingerprint density at radius 2 is 0.869 bits per heavy atom. The van der Waals surface area contributed by atoms with Gasteiger partial charge in [0.05, 0.1) is 6.67 Å². The van der Waals surface area contributed by atoms with Crippen LogP contribution in [0.15, 0.2) is 0 Å². The lowest BCUT2D eigenvalue weighted by atomic mass is 9.63. The van der Waals surface area contributed by atoms with Crippen LogP contribution in [0.5, 0.6) is 0 Å². The Morgan fingerprint density at radius 3 is 1.28 bits per heavy atom. The van der Waals surface area contributed by atoms with Crippen LogP contribution in [0.4, 0.5) is 17.8 Å². The molecule has 3 N–H and O–H groups in total. The van der Waals surface area contributed by atoms with E-state index in [-0.39, 0.29) is 18.3 Å². The summed E-state index contributed by atoms with van der Waals surface area (Å²) in [5, 5.41) is 11.1. The highest BCUT2D eigenvalue weighted by Crippen LogP contribution is 2.50. The predicted molar refractivity (Wildman–Crippen MR) is 268 cm³/mol. The first-order valence-electron chi connectivity index (χ1n) is 24.7. The third kappa shape index (κ3) is 17.0. The van der Waals surface area contributed by atoms with E-state index in [0.717, 1.165) is 50.3 Å². The fourth-order valence-electron chi connectivity index (χ4n) is 14.4. The molecule has 1 heterocycles. The molecule has 4 aliphatic rings.